The highest BCUT2D eigenvalue weighted by atomic mass is 16.6. The molecule has 0 radical (unpaired) electrons. The smallest absolute Gasteiger partial charge is 0.407 e. The van der Waals surface area contributed by atoms with Crippen molar-refractivity contribution in [3.05, 3.63) is 0 Å². The van der Waals surface area contributed by atoms with Crippen LogP contribution in [0.15, 0.2) is 0 Å². The van der Waals surface area contributed by atoms with E-state index >= 15 is 0 Å². The van der Waals surface area contributed by atoms with E-state index in [1.807, 2.05) is 20.8 Å². The standard InChI is InChI=1S/C14H28N2O3/c1-10(9-18-15)11-5-7-12(8-6-11)16-13(17)19-14(2,3)4/h10-12H,5-9,15H2,1-4H3,(H,16,17). The zero-order chi connectivity index (χ0) is 14.5. The Kier molecular flexibility index (Phi) is 6.07. The highest BCUT2D eigenvalue weighted by Gasteiger charge is 2.27. The lowest BCUT2D eigenvalue weighted by Crippen LogP contribution is -2.41. The number of carbonyl (C=O) groups excluding carboxylic acids is 1. The minimum absolute atomic E-state index is 0.233. The summed E-state index contributed by atoms with van der Waals surface area (Å²) in [6.45, 7) is 8.39. The number of hydrogen-bond donors (Lipinski definition) is 2. The van der Waals surface area contributed by atoms with Gasteiger partial charge in [-0.2, -0.15) is 0 Å². The first-order valence-electron chi connectivity index (χ1n) is 7.13. The molecule has 1 atom stereocenters. The maximum Gasteiger partial charge on any atom is 0.407 e. The van der Waals surface area contributed by atoms with Crippen molar-refractivity contribution in [2.75, 3.05) is 6.61 Å². The summed E-state index contributed by atoms with van der Waals surface area (Å²) in [4.78, 5) is 16.4. The molecule has 3 N–H and O–H groups in total. The number of amides is 1. The Morgan fingerprint density at radius 3 is 2.37 bits per heavy atom. The van der Waals surface area contributed by atoms with Gasteiger partial charge in [-0.05, 0) is 58.3 Å². The predicted octanol–water partition coefficient (Wildman–Crippen LogP) is 2.60. The number of nitrogens with one attached hydrogen (secondary N) is 1. The Morgan fingerprint density at radius 1 is 1.32 bits per heavy atom. The lowest BCUT2D eigenvalue weighted by atomic mass is 9.79. The monoisotopic (exact) mass is 272 g/mol. The van der Waals surface area contributed by atoms with Gasteiger partial charge in [0.15, 0.2) is 0 Å². The second-order valence-electron chi connectivity index (χ2n) is 6.57. The van der Waals surface area contributed by atoms with Crippen LogP contribution in [0.4, 0.5) is 4.79 Å². The van der Waals surface area contributed by atoms with Crippen molar-refractivity contribution in [3.63, 3.8) is 0 Å². The lowest BCUT2D eigenvalue weighted by Gasteiger charge is -2.32. The van der Waals surface area contributed by atoms with E-state index in [4.69, 9.17) is 15.5 Å². The van der Waals surface area contributed by atoms with Gasteiger partial charge in [-0.1, -0.05) is 6.92 Å². The van der Waals surface area contributed by atoms with Crippen LogP contribution in [0, 0.1) is 11.8 Å². The molecule has 1 fully saturated rings. The van der Waals surface area contributed by atoms with Crippen molar-refractivity contribution >= 4 is 6.09 Å². The molecule has 1 saturated carbocycles. The van der Waals surface area contributed by atoms with Gasteiger partial charge in [0, 0.05) is 6.04 Å². The number of ether oxygens (including phenoxy) is 1. The third-order valence-electron chi connectivity index (χ3n) is 3.66. The summed E-state index contributed by atoms with van der Waals surface area (Å²) >= 11 is 0. The molecule has 0 aromatic rings. The van der Waals surface area contributed by atoms with E-state index in [9.17, 15) is 4.79 Å². The van der Waals surface area contributed by atoms with Crippen LogP contribution in [0.1, 0.15) is 53.4 Å². The van der Waals surface area contributed by atoms with Gasteiger partial charge in [0.2, 0.25) is 0 Å². The second-order valence-corrected chi connectivity index (χ2v) is 6.57. The van der Waals surface area contributed by atoms with Crippen LogP contribution in [-0.2, 0) is 9.57 Å². The van der Waals surface area contributed by atoms with Crippen molar-refractivity contribution in [2.45, 2.75) is 65.0 Å². The Bertz CT molecular complexity index is 281. The van der Waals surface area contributed by atoms with Crippen LogP contribution in [0.3, 0.4) is 0 Å². The number of nitrogens with two attached hydrogens (primary N) is 1. The highest BCUT2D eigenvalue weighted by Crippen LogP contribution is 2.30. The molecule has 0 heterocycles. The fourth-order valence-electron chi connectivity index (χ4n) is 2.59. The molecule has 19 heavy (non-hydrogen) atoms. The van der Waals surface area contributed by atoms with E-state index in [0.29, 0.717) is 18.4 Å². The molecular formula is C14H28N2O3. The van der Waals surface area contributed by atoms with Crippen molar-refractivity contribution in [3.8, 4) is 0 Å². The van der Waals surface area contributed by atoms with Crippen LogP contribution >= 0.6 is 0 Å². The first kappa shape index (κ1) is 16.2. The van der Waals surface area contributed by atoms with Crippen molar-refractivity contribution in [2.24, 2.45) is 17.7 Å². The lowest BCUT2D eigenvalue weighted by molar-refractivity contribution is 0.0459. The molecule has 1 unspecified atom stereocenters. The molecule has 112 valence electrons. The third kappa shape index (κ3) is 6.25. The van der Waals surface area contributed by atoms with Gasteiger partial charge >= 0.3 is 6.09 Å². The largest absolute Gasteiger partial charge is 0.444 e. The number of rotatable bonds is 4. The summed E-state index contributed by atoms with van der Waals surface area (Å²) in [6, 6.07) is 0.233. The molecule has 0 spiro atoms. The number of carbonyl (C=O) groups is 1. The average molecular weight is 272 g/mol. The van der Waals surface area contributed by atoms with Gasteiger partial charge in [-0.25, -0.2) is 10.7 Å². The van der Waals surface area contributed by atoms with Gasteiger partial charge in [0.1, 0.15) is 5.60 Å². The molecule has 0 saturated heterocycles. The molecular weight excluding hydrogens is 244 g/mol. The molecule has 0 aromatic heterocycles. The molecule has 0 aliphatic heterocycles. The maximum atomic E-state index is 11.7. The zero-order valence-corrected chi connectivity index (χ0v) is 12.6. The molecule has 1 aliphatic rings. The zero-order valence-electron chi connectivity index (χ0n) is 12.6. The number of hydrogen-bond acceptors (Lipinski definition) is 4. The first-order valence-corrected chi connectivity index (χ1v) is 7.13. The Balaban J connectivity index is 2.28. The minimum Gasteiger partial charge on any atom is -0.444 e. The van der Waals surface area contributed by atoms with E-state index in [-0.39, 0.29) is 12.1 Å². The summed E-state index contributed by atoms with van der Waals surface area (Å²) in [5.41, 5.74) is -0.436. The molecule has 1 rings (SSSR count). The Labute approximate surface area is 116 Å². The quantitative estimate of drug-likeness (QED) is 0.771. The molecule has 0 bridgehead atoms. The van der Waals surface area contributed by atoms with Crippen LogP contribution in [-0.4, -0.2) is 24.3 Å². The van der Waals surface area contributed by atoms with Crippen LogP contribution in [0.25, 0.3) is 0 Å². The molecule has 5 heteroatoms. The highest BCUT2D eigenvalue weighted by molar-refractivity contribution is 5.68. The summed E-state index contributed by atoms with van der Waals surface area (Å²) in [7, 11) is 0. The fraction of sp³-hybridized carbons (Fsp3) is 0.929. The van der Waals surface area contributed by atoms with E-state index in [0.717, 1.165) is 25.7 Å². The van der Waals surface area contributed by atoms with Gasteiger partial charge in [0.25, 0.3) is 0 Å². The SMILES string of the molecule is CC(CON)C1CCC(NC(=O)OC(C)(C)C)CC1. The van der Waals surface area contributed by atoms with E-state index in [2.05, 4.69) is 12.2 Å². The van der Waals surface area contributed by atoms with Crippen molar-refractivity contribution < 1.29 is 14.4 Å². The minimum atomic E-state index is -0.436. The Hall–Kier alpha value is -0.810. The van der Waals surface area contributed by atoms with Crippen molar-refractivity contribution in [1.82, 2.24) is 5.32 Å². The van der Waals surface area contributed by atoms with Gasteiger partial charge in [-0.3, -0.25) is 0 Å². The van der Waals surface area contributed by atoms with Crippen LogP contribution in [0.2, 0.25) is 0 Å². The summed E-state index contributed by atoms with van der Waals surface area (Å²) < 4.78 is 5.27. The van der Waals surface area contributed by atoms with Gasteiger partial charge < -0.3 is 14.9 Å². The van der Waals surface area contributed by atoms with E-state index in [1.54, 1.807) is 0 Å². The maximum absolute atomic E-state index is 11.7. The summed E-state index contributed by atoms with van der Waals surface area (Å²) in [5.74, 6) is 6.23. The normalized spacial score (nSPS) is 25.7. The molecule has 1 aliphatic carbocycles. The third-order valence-corrected chi connectivity index (χ3v) is 3.66. The predicted molar refractivity (Wildman–Crippen MR) is 74.4 cm³/mol. The van der Waals surface area contributed by atoms with E-state index < -0.39 is 5.60 Å². The first-order chi connectivity index (χ1) is 8.81. The molecule has 5 nitrogen and oxygen atoms in total. The fourth-order valence-corrected chi connectivity index (χ4v) is 2.59. The van der Waals surface area contributed by atoms with E-state index in [1.165, 1.54) is 0 Å². The van der Waals surface area contributed by atoms with Crippen molar-refractivity contribution in [1.29, 1.82) is 0 Å². The topological polar surface area (TPSA) is 73.6 Å². The van der Waals surface area contributed by atoms with Crippen LogP contribution in [0.5, 0.6) is 0 Å². The summed E-state index contributed by atoms with van der Waals surface area (Å²) in [6.07, 6.45) is 3.89. The molecule has 0 aromatic carbocycles. The number of alkyl carbamates (subject to hydrolysis) is 1. The van der Waals surface area contributed by atoms with Gasteiger partial charge in [0.05, 0.1) is 6.61 Å². The second kappa shape index (κ2) is 7.10. The Morgan fingerprint density at radius 2 is 1.89 bits per heavy atom. The summed E-state index contributed by atoms with van der Waals surface area (Å²) in [5, 5.41) is 2.95. The van der Waals surface area contributed by atoms with Crippen LogP contribution < -0.4 is 11.2 Å². The molecule has 1 amide bonds. The van der Waals surface area contributed by atoms with Gasteiger partial charge in [-0.15, -0.1) is 0 Å². The average Bonchev–Trinajstić information content (AvgIpc) is 2.27.